The number of ether oxygens (including phenoxy) is 1. The van der Waals surface area contributed by atoms with Crippen LogP contribution in [0.2, 0.25) is 0 Å². The summed E-state index contributed by atoms with van der Waals surface area (Å²) in [7, 11) is 0. The fourth-order valence-corrected chi connectivity index (χ4v) is 4.17. The molecule has 130 valence electrons. The van der Waals surface area contributed by atoms with Crippen LogP contribution in [-0.4, -0.2) is 35.7 Å². The van der Waals surface area contributed by atoms with Crippen molar-refractivity contribution < 1.29 is 4.74 Å². The number of aromatic nitrogens is 1. The summed E-state index contributed by atoms with van der Waals surface area (Å²) >= 11 is 0. The molecule has 0 unspecified atom stereocenters. The third-order valence-electron chi connectivity index (χ3n) is 5.68. The molecule has 24 heavy (non-hydrogen) atoms. The van der Waals surface area contributed by atoms with Crippen molar-refractivity contribution in [2.75, 3.05) is 19.7 Å². The van der Waals surface area contributed by atoms with Gasteiger partial charge in [0.2, 0.25) is 0 Å². The molecule has 2 fully saturated rings. The van der Waals surface area contributed by atoms with Gasteiger partial charge in [-0.05, 0) is 67.7 Å². The zero-order chi connectivity index (χ0) is 16.5. The van der Waals surface area contributed by atoms with E-state index in [0.717, 1.165) is 38.6 Å². The molecule has 2 aliphatic rings. The Morgan fingerprint density at radius 2 is 2.00 bits per heavy atom. The number of aromatic amines is 1. The van der Waals surface area contributed by atoms with Gasteiger partial charge in [0.05, 0.1) is 6.10 Å². The van der Waals surface area contributed by atoms with Crippen LogP contribution in [0.25, 0.3) is 10.9 Å². The SMILES string of the molecule is CCCOC1CCN(Cc2c(C3CC3)cc(C)c3[nH]ccc23)CC1. The van der Waals surface area contributed by atoms with E-state index in [4.69, 9.17) is 4.74 Å². The van der Waals surface area contributed by atoms with E-state index >= 15 is 0 Å². The van der Waals surface area contributed by atoms with E-state index < -0.39 is 0 Å². The second-order valence-electron chi connectivity index (χ2n) is 7.65. The highest BCUT2D eigenvalue weighted by Crippen LogP contribution is 2.44. The average molecular weight is 326 g/mol. The average Bonchev–Trinajstić information content (AvgIpc) is 3.32. The van der Waals surface area contributed by atoms with Crippen molar-refractivity contribution in [1.82, 2.24) is 9.88 Å². The van der Waals surface area contributed by atoms with E-state index in [-0.39, 0.29) is 0 Å². The van der Waals surface area contributed by atoms with E-state index in [1.165, 1.54) is 42.1 Å². The highest BCUT2D eigenvalue weighted by molar-refractivity contribution is 5.87. The Kier molecular flexibility index (Phi) is 4.64. The van der Waals surface area contributed by atoms with E-state index in [0.29, 0.717) is 6.10 Å². The number of hydrogen-bond acceptors (Lipinski definition) is 2. The van der Waals surface area contributed by atoms with Gasteiger partial charge in [-0.15, -0.1) is 0 Å². The molecular weight excluding hydrogens is 296 g/mol. The lowest BCUT2D eigenvalue weighted by molar-refractivity contribution is 0.00630. The smallest absolute Gasteiger partial charge is 0.0599 e. The maximum atomic E-state index is 5.94. The molecule has 4 rings (SSSR count). The molecule has 0 bridgehead atoms. The first-order chi connectivity index (χ1) is 11.8. The number of likely N-dealkylation sites (tertiary alicyclic amines) is 1. The number of nitrogens with one attached hydrogen (secondary N) is 1. The standard InChI is InChI=1S/C21H30N2O/c1-3-12-24-17-7-10-23(11-8-17)14-20-18-6-9-22-21(18)15(2)13-19(20)16-4-5-16/h6,9,13,16-17,22H,3-5,7-8,10-12,14H2,1-2H3. The van der Waals surface area contributed by atoms with Crippen LogP contribution in [0.5, 0.6) is 0 Å². The molecule has 1 aliphatic carbocycles. The Bertz CT molecular complexity index is 693. The van der Waals surface area contributed by atoms with Crippen molar-refractivity contribution >= 4 is 10.9 Å². The maximum absolute atomic E-state index is 5.94. The topological polar surface area (TPSA) is 28.3 Å². The maximum Gasteiger partial charge on any atom is 0.0599 e. The van der Waals surface area contributed by atoms with Crippen molar-refractivity contribution in [3.8, 4) is 0 Å². The molecule has 0 atom stereocenters. The van der Waals surface area contributed by atoms with Crippen LogP contribution in [0.15, 0.2) is 18.3 Å². The van der Waals surface area contributed by atoms with Crippen molar-refractivity contribution in [3.05, 3.63) is 35.0 Å². The predicted octanol–water partition coefficient (Wildman–Crippen LogP) is 4.74. The van der Waals surface area contributed by atoms with Crippen molar-refractivity contribution in [3.63, 3.8) is 0 Å². The van der Waals surface area contributed by atoms with Crippen LogP contribution in [0, 0.1) is 6.92 Å². The number of fused-ring (bicyclic) bond motifs is 1. The summed E-state index contributed by atoms with van der Waals surface area (Å²) in [5, 5.41) is 1.45. The number of hydrogen-bond donors (Lipinski definition) is 1. The number of aryl methyl sites for hydroxylation is 1. The molecule has 3 nitrogen and oxygen atoms in total. The van der Waals surface area contributed by atoms with Gasteiger partial charge in [-0.3, -0.25) is 4.90 Å². The zero-order valence-electron chi connectivity index (χ0n) is 15.1. The predicted molar refractivity (Wildman–Crippen MR) is 99.6 cm³/mol. The van der Waals surface area contributed by atoms with Gasteiger partial charge >= 0.3 is 0 Å². The number of nitrogens with zero attached hydrogens (tertiary/aromatic N) is 1. The minimum atomic E-state index is 0.481. The largest absolute Gasteiger partial charge is 0.378 e. The summed E-state index contributed by atoms with van der Waals surface area (Å²) in [6, 6.07) is 4.73. The molecule has 2 aromatic rings. The molecule has 0 spiro atoms. The molecule has 1 aromatic heterocycles. The Morgan fingerprint density at radius 3 is 2.71 bits per heavy atom. The summed E-state index contributed by atoms with van der Waals surface area (Å²) in [4.78, 5) is 6.08. The van der Waals surface area contributed by atoms with Gasteiger partial charge in [0.1, 0.15) is 0 Å². The lowest BCUT2D eigenvalue weighted by atomic mass is 9.95. The lowest BCUT2D eigenvalue weighted by Crippen LogP contribution is -2.36. The van der Waals surface area contributed by atoms with E-state index in [9.17, 15) is 0 Å². The molecule has 3 heteroatoms. The van der Waals surface area contributed by atoms with Gasteiger partial charge in [-0.1, -0.05) is 13.0 Å². The molecule has 1 saturated carbocycles. The fraction of sp³-hybridized carbons (Fsp3) is 0.619. The van der Waals surface area contributed by atoms with E-state index in [2.05, 4.69) is 42.1 Å². The number of H-pyrrole nitrogens is 1. The van der Waals surface area contributed by atoms with Crippen LogP contribution in [0.3, 0.4) is 0 Å². The Morgan fingerprint density at radius 1 is 1.21 bits per heavy atom. The molecular formula is C21H30N2O. The van der Waals surface area contributed by atoms with Crippen molar-refractivity contribution in [2.45, 2.75) is 64.5 Å². The van der Waals surface area contributed by atoms with Gasteiger partial charge in [0, 0.05) is 43.3 Å². The van der Waals surface area contributed by atoms with Gasteiger partial charge < -0.3 is 9.72 Å². The highest BCUT2D eigenvalue weighted by atomic mass is 16.5. The third kappa shape index (κ3) is 3.25. The van der Waals surface area contributed by atoms with Crippen LogP contribution in [-0.2, 0) is 11.3 Å². The second kappa shape index (κ2) is 6.89. The zero-order valence-corrected chi connectivity index (χ0v) is 15.1. The van der Waals surface area contributed by atoms with Gasteiger partial charge in [0.25, 0.3) is 0 Å². The van der Waals surface area contributed by atoms with E-state index in [1.807, 2.05) is 0 Å². The Hall–Kier alpha value is -1.32. The Balaban J connectivity index is 1.51. The lowest BCUT2D eigenvalue weighted by Gasteiger charge is -2.32. The van der Waals surface area contributed by atoms with Gasteiger partial charge in [0.15, 0.2) is 0 Å². The van der Waals surface area contributed by atoms with Crippen LogP contribution in [0.4, 0.5) is 0 Å². The fourth-order valence-electron chi connectivity index (χ4n) is 4.17. The van der Waals surface area contributed by atoms with E-state index in [1.54, 1.807) is 11.1 Å². The summed E-state index contributed by atoms with van der Waals surface area (Å²) < 4.78 is 5.94. The molecule has 1 aromatic carbocycles. The minimum absolute atomic E-state index is 0.481. The van der Waals surface area contributed by atoms with Crippen LogP contribution < -0.4 is 0 Å². The quantitative estimate of drug-likeness (QED) is 0.830. The molecule has 1 N–H and O–H groups in total. The van der Waals surface area contributed by atoms with Gasteiger partial charge in [-0.25, -0.2) is 0 Å². The number of piperidine rings is 1. The molecule has 1 aliphatic heterocycles. The van der Waals surface area contributed by atoms with Crippen LogP contribution in [0.1, 0.15) is 61.6 Å². The molecule has 1 saturated heterocycles. The number of rotatable bonds is 6. The minimum Gasteiger partial charge on any atom is -0.378 e. The number of benzene rings is 1. The summed E-state index contributed by atoms with van der Waals surface area (Å²) in [6.07, 6.45) is 8.81. The summed E-state index contributed by atoms with van der Waals surface area (Å²) in [6.45, 7) is 8.77. The first kappa shape index (κ1) is 16.2. The second-order valence-corrected chi connectivity index (χ2v) is 7.65. The summed E-state index contributed by atoms with van der Waals surface area (Å²) in [5.41, 5.74) is 5.92. The third-order valence-corrected chi connectivity index (χ3v) is 5.68. The first-order valence-electron chi connectivity index (χ1n) is 9.69. The molecule has 0 amide bonds. The summed E-state index contributed by atoms with van der Waals surface area (Å²) in [5.74, 6) is 0.809. The first-order valence-corrected chi connectivity index (χ1v) is 9.69. The Labute approximate surface area is 145 Å². The molecule has 2 heterocycles. The highest BCUT2D eigenvalue weighted by Gasteiger charge is 2.29. The van der Waals surface area contributed by atoms with Gasteiger partial charge in [-0.2, -0.15) is 0 Å². The van der Waals surface area contributed by atoms with Crippen molar-refractivity contribution in [2.24, 2.45) is 0 Å². The molecule has 0 radical (unpaired) electrons. The van der Waals surface area contributed by atoms with Crippen LogP contribution >= 0.6 is 0 Å². The normalized spacial score (nSPS) is 20.1. The van der Waals surface area contributed by atoms with Crippen molar-refractivity contribution in [1.29, 1.82) is 0 Å². The monoisotopic (exact) mass is 326 g/mol.